The molecule has 0 saturated heterocycles. The molecule has 2 aromatic carbocycles. The van der Waals surface area contributed by atoms with Gasteiger partial charge < -0.3 is 20.1 Å². The van der Waals surface area contributed by atoms with Gasteiger partial charge in [-0.1, -0.05) is 43.2 Å². The Morgan fingerprint density at radius 2 is 1.68 bits per heavy atom. The molecule has 2 aliphatic rings. The fourth-order valence-corrected chi connectivity index (χ4v) is 4.04. The SMILES string of the molecule is O=C(CNC(=O)c1ccc2c(c1)OCO2)NCC1(c2ccccc2)CCCC1. The minimum Gasteiger partial charge on any atom is -0.454 e. The fourth-order valence-electron chi connectivity index (χ4n) is 4.04. The third-order valence-electron chi connectivity index (χ3n) is 5.62. The largest absolute Gasteiger partial charge is 0.454 e. The van der Waals surface area contributed by atoms with Crippen LogP contribution in [-0.2, 0) is 10.2 Å². The zero-order chi connectivity index (χ0) is 19.4. The number of ether oxygens (including phenoxy) is 2. The predicted octanol–water partition coefficient (Wildman–Crippen LogP) is 2.77. The van der Waals surface area contributed by atoms with Gasteiger partial charge in [-0.05, 0) is 36.6 Å². The highest BCUT2D eigenvalue weighted by Gasteiger charge is 2.35. The predicted molar refractivity (Wildman–Crippen MR) is 104 cm³/mol. The number of hydrogen-bond acceptors (Lipinski definition) is 4. The first-order valence-corrected chi connectivity index (χ1v) is 9.66. The van der Waals surface area contributed by atoms with Crippen LogP contribution in [0.25, 0.3) is 0 Å². The van der Waals surface area contributed by atoms with Gasteiger partial charge in [0.2, 0.25) is 12.7 Å². The van der Waals surface area contributed by atoms with E-state index >= 15 is 0 Å². The van der Waals surface area contributed by atoms with Crippen LogP contribution >= 0.6 is 0 Å². The average Bonchev–Trinajstić information content (AvgIpc) is 3.40. The van der Waals surface area contributed by atoms with Crippen LogP contribution in [0.5, 0.6) is 11.5 Å². The van der Waals surface area contributed by atoms with Crippen molar-refractivity contribution >= 4 is 11.8 Å². The van der Waals surface area contributed by atoms with E-state index in [1.165, 1.54) is 18.4 Å². The maximum atomic E-state index is 12.3. The van der Waals surface area contributed by atoms with Gasteiger partial charge in [-0.25, -0.2) is 0 Å². The first kappa shape index (κ1) is 18.3. The Labute approximate surface area is 164 Å². The molecule has 2 amide bonds. The second kappa shape index (κ2) is 7.92. The van der Waals surface area contributed by atoms with Crippen molar-refractivity contribution in [3.05, 3.63) is 59.7 Å². The molecule has 146 valence electrons. The molecular formula is C22H24N2O4. The average molecular weight is 380 g/mol. The quantitative estimate of drug-likeness (QED) is 0.808. The van der Waals surface area contributed by atoms with Crippen molar-refractivity contribution in [1.82, 2.24) is 10.6 Å². The van der Waals surface area contributed by atoms with Crippen LogP contribution in [0.3, 0.4) is 0 Å². The number of rotatable bonds is 6. The lowest BCUT2D eigenvalue weighted by molar-refractivity contribution is -0.120. The Kier molecular flexibility index (Phi) is 5.19. The highest BCUT2D eigenvalue weighted by molar-refractivity contribution is 5.97. The topological polar surface area (TPSA) is 76.7 Å². The minimum atomic E-state index is -0.313. The Hall–Kier alpha value is -3.02. The smallest absolute Gasteiger partial charge is 0.251 e. The molecule has 1 saturated carbocycles. The van der Waals surface area contributed by atoms with E-state index in [-0.39, 0.29) is 30.6 Å². The Morgan fingerprint density at radius 3 is 2.46 bits per heavy atom. The number of amides is 2. The molecular weight excluding hydrogens is 356 g/mol. The highest BCUT2D eigenvalue weighted by atomic mass is 16.7. The molecule has 1 aliphatic heterocycles. The number of carbonyl (C=O) groups excluding carboxylic acids is 2. The summed E-state index contributed by atoms with van der Waals surface area (Å²) >= 11 is 0. The number of benzene rings is 2. The molecule has 0 spiro atoms. The Morgan fingerprint density at radius 1 is 0.929 bits per heavy atom. The van der Waals surface area contributed by atoms with Gasteiger partial charge in [-0.3, -0.25) is 9.59 Å². The molecule has 28 heavy (non-hydrogen) atoms. The highest BCUT2D eigenvalue weighted by Crippen LogP contribution is 2.40. The van der Waals surface area contributed by atoms with E-state index in [4.69, 9.17) is 9.47 Å². The normalized spacial score (nSPS) is 16.6. The van der Waals surface area contributed by atoms with Crippen LogP contribution in [-0.4, -0.2) is 31.7 Å². The minimum absolute atomic E-state index is 0.00173. The molecule has 2 aromatic rings. The lowest BCUT2D eigenvalue weighted by atomic mass is 9.79. The molecule has 1 heterocycles. The molecule has 0 radical (unpaired) electrons. The van der Waals surface area contributed by atoms with E-state index in [9.17, 15) is 9.59 Å². The van der Waals surface area contributed by atoms with E-state index < -0.39 is 0 Å². The van der Waals surface area contributed by atoms with E-state index in [1.807, 2.05) is 18.2 Å². The molecule has 1 fully saturated rings. The van der Waals surface area contributed by atoms with Crippen LogP contribution in [0, 0.1) is 0 Å². The standard InChI is InChI=1S/C22H24N2O4/c25-20(13-23-21(26)16-8-9-18-19(12-16)28-15-27-18)24-14-22(10-4-5-11-22)17-6-2-1-3-7-17/h1-3,6-9,12H,4-5,10-11,13-15H2,(H,23,26)(H,24,25). The Balaban J connectivity index is 1.31. The van der Waals surface area contributed by atoms with Crippen molar-refractivity contribution in [3.63, 3.8) is 0 Å². The maximum Gasteiger partial charge on any atom is 0.251 e. The van der Waals surface area contributed by atoms with Crippen molar-refractivity contribution in [1.29, 1.82) is 0 Å². The van der Waals surface area contributed by atoms with Gasteiger partial charge in [0.1, 0.15) is 0 Å². The van der Waals surface area contributed by atoms with Crippen molar-refractivity contribution in [2.75, 3.05) is 19.9 Å². The summed E-state index contributed by atoms with van der Waals surface area (Å²) in [7, 11) is 0. The third kappa shape index (κ3) is 3.81. The lowest BCUT2D eigenvalue weighted by Crippen LogP contribution is -2.43. The molecule has 1 aliphatic carbocycles. The van der Waals surface area contributed by atoms with Gasteiger partial charge in [0, 0.05) is 17.5 Å². The van der Waals surface area contributed by atoms with Crippen molar-refractivity contribution < 1.29 is 19.1 Å². The molecule has 0 bridgehead atoms. The summed E-state index contributed by atoms with van der Waals surface area (Å²) in [6, 6.07) is 15.4. The van der Waals surface area contributed by atoms with Crippen LogP contribution in [0.1, 0.15) is 41.6 Å². The van der Waals surface area contributed by atoms with Crippen LogP contribution < -0.4 is 20.1 Å². The van der Waals surface area contributed by atoms with Gasteiger partial charge in [0.15, 0.2) is 11.5 Å². The van der Waals surface area contributed by atoms with Crippen molar-refractivity contribution in [2.24, 2.45) is 0 Å². The zero-order valence-corrected chi connectivity index (χ0v) is 15.7. The first-order valence-electron chi connectivity index (χ1n) is 9.66. The first-order chi connectivity index (χ1) is 13.7. The molecule has 0 atom stereocenters. The number of carbonyl (C=O) groups is 2. The second-order valence-electron chi connectivity index (χ2n) is 7.38. The van der Waals surface area contributed by atoms with Gasteiger partial charge in [-0.15, -0.1) is 0 Å². The summed E-state index contributed by atoms with van der Waals surface area (Å²) in [5, 5.41) is 5.68. The third-order valence-corrected chi connectivity index (χ3v) is 5.62. The second-order valence-corrected chi connectivity index (χ2v) is 7.38. The van der Waals surface area contributed by atoms with Crippen molar-refractivity contribution in [2.45, 2.75) is 31.1 Å². The van der Waals surface area contributed by atoms with Crippen LogP contribution in [0.4, 0.5) is 0 Å². The number of hydrogen-bond donors (Lipinski definition) is 2. The summed E-state index contributed by atoms with van der Waals surface area (Å²) in [6.45, 7) is 0.694. The van der Waals surface area contributed by atoms with E-state index in [0.29, 0.717) is 23.6 Å². The zero-order valence-electron chi connectivity index (χ0n) is 15.7. The lowest BCUT2D eigenvalue weighted by Gasteiger charge is -2.30. The summed E-state index contributed by atoms with van der Waals surface area (Å²) < 4.78 is 10.5. The summed E-state index contributed by atoms with van der Waals surface area (Å²) in [5.74, 6) is 0.670. The van der Waals surface area contributed by atoms with E-state index in [2.05, 4.69) is 22.8 Å². The molecule has 0 unspecified atom stereocenters. The summed E-state index contributed by atoms with van der Waals surface area (Å²) in [4.78, 5) is 24.6. The fraction of sp³-hybridized carbons (Fsp3) is 0.364. The molecule has 6 heteroatoms. The van der Waals surface area contributed by atoms with Crippen LogP contribution in [0.2, 0.25) is 0 Å². The number of fused-ring (bicyclic) bond motifs is 1. The molecule has 6 nitrogen and oxygen atoms in total. The summed E-state index contributed by atoms with van der Waals surface area (Å²) in [5.41, 5.74) is 1.71. The van der Waals surface area contributed by atoms with Gasteiger partial charge in [-0.2, -0.15) is 0 Å². The van der Waals surface area contributed by atoms with E-state index in [0.717, 1.165) is 12.8 Å². The van der Waals surface area contributed by atoms with Gasteiger partial charge in [0.05, 0.1) is 6.54 Å². The Bertz CT molecular complexity index is 860. The molecule has 2 N–H and O–H groups in total. The van der Waals surface area contributed by atoms with E-state index in [1.54, 1.807) is 18.2 Å². The van der Waals surface area contributed by atoms with Crippen molar-refractivity contribution in [3.8, 4) is 11.5 Å². The monoisotopic (exact) mass is 380 g/mol. The molecule has 0 aromatic heterocycles. The summed E-state index contributed by atoms with van der Waals surface area (Å²) in [6.07, 6.45) is 4.49. The van der Waals surface area contributed by atoms with Gasteiger partial charge >= 0.3 is 0 Å². The molecule has 4 rings (SSSR count). The van der Waals surface area contributed by atoms with Crippen LogP contribution in [0.15, 0.2) is 48.5 Å². The number of nitrogens with one attached hydrogen (secondary N) is 2. The van der Waals surface area contributed by atoms with Gasteiger partial charge in [0.25, 0.3) is 5.91 Å². The maximum absolute atomic E-state index is 12.3.